The normalized spacial score (nSPS) is 39.6. The van der Waals surface area contributed by atoms with Gasteiger partial charge in [-0.3, -0.25) is 0 Å². The minimum Gasteiger partial charge on any atom is -0.376 e. The molecular formula is C15H27NO3. The lowest BCUT2D eigenvalue weighted by molar-refractivity contribution is -0.161. The Balaban J connectivity index is 1.36. The molecule has 1 N–H and O–H groups in total. The van der Waals surface area contributed by atoms with Crippen LogP contribution < -0.4 is 5.32 Å². The minimum atomic E-state index is 0.0300. The molecule has 0 bridgehead atoms. The second kappa shape index (κ2) is 6.08. The number of rotatable bonds is 6. The predicted octanol–water partition coefficient (Wildman–Crippen LogP) is 2.08. The van der Waals surface area contributed by atoms with Crippen LogP contribution in [-0.4, -0.2) is 44.3 Å². The van der Waals surface area contributed by atoms with E-state index in [-0.39, 0.29) is 11.8 Å². The minimum absolute atomic E-state index is 0.0300. The Morgan fingerprint density at radius 1 is 1.16 bits per heavy atom. The van der Waals surface area contributed by atoms with Gasteiger partial charge in [-0.05, 0) is 51.4 Å². The Labute approximate surface area is 116 Å². The molecule has 0 aromatic rings. The lowest BCUT2D eigenvalue weighted by Gasteiger charge is -2.32. The van der Waals surface area contributed by atoms with Gasteiger partial charge in [0.2, 0.25) is 0 Å². The van der Waals surface area contributed by atoms with E-state index in [2.05, 4.69) is 12.2 Å². The van der Waals surface area contributed by atoms with Crippen LogP contribution in [0.1, 0.15) is 45.4 Å². The lowest BCUT2D eigenvalue weighted by atomic mass is 9.90. The highest BCUT2D eigenvalue weighted by Gasteiger charge is 2.47. The molecule has 3 rings (SSSR count). The first-order valence-electron chi connectivity index (χ1n) is 7.88. The van der Waals surface area contributed by atoms with Crippen LogP contribution in [0, 0.1) is 5.92 Å². The van der Waals surface area contributed by atoms with E-state index >= 15 is 0 Å². The summed E-state index contributed by atoms with van der Waals surface area (Å²) < 4.78 is 17.3. The van der Waals surface area contributed by atoms with Gasteiger partial charge in [0.05, 0.1) is 12.7 Å². The van der Waals surface area contributed by atoms with Gasteiger partial charge < -0.3 is 19.5 Å². The van der Waals surface area contributed by atoms with E-state index in [9.17, 15) is 0 Å². The molecule has 0 radical (unpaired) electrons. The van der Waals surface area contributed by atoms with Gasteiger partial charge >= 0.3 is 0 Å². The van der Waals surface area contributed by atoms with Crippen molar-refractivity contribution in [3.8, 4) is 0 Å². The fraction of sp³-hybridized carbons (Fsp3) is 1.00. The molecule has 0 amide bonds. The molecule has 2 aliphatic heterocycles. The van der Waals surface area contributed by atoms with Gasteiger partial charge in [-0.2, -0.15) is 0 Å². The highest BCUT2D eigenvalue weighted by molar-refractivity contribution is 5.02. The molecule has 3 atom stereocenters. The summed E-state index contributed by atoms with van der Waals surface area (Å²) in [6.07, 6.45) is 7.70. The average molecular weight is 269 g/mol. The number of ether oxygens (including phenoxy) is 3. The SMILES string of the molecule is C[C@]1(NCCO[C@@H]2CCCCO2)CCO[C@H]1C1CC1. The molecule has 110 valence electrons. The third-order valence-corrected chi connectivity index (χ3v) is 4.67. The predicted molar refractivity (Wildman–Crippen MR) is 73.0 cm³/mol. The van der Waals surface area contributed by atoms with Crippen molar-refractivity contribution in [2.75, 3.05) is 26.4 Å². The average Bonchev–Trinajstić information content (AvgIpc) is 3.20. The van der Waals surface area contributed by atoms with Gasteiger partial charge in [0.25, 0.3) is 0 Å². The molecule has 0 spiro atoms. The molecule has 2 saturated heterocycles. The molecule has 0 aromatic heterocycles. The highest BCUT2D eigenvalue weighted by atomic mass is 16.7. The van der Waals surface area contributed by atoms with Crippen molar-refractivity contribution in [3.63, 3.8) is 0 Å². The van der Waals surface area contributed by atoms with Crippen LogP contribution in [0.2, 0.25) is 0 Å². The molecule has 3 fully saturated rings. The van der Waals surface area contributed by atoms with Crippen LogP contribution in [0.25, 0.3) is 0 Å². The smallest absolute Gasteiger partial charge is 0.157 e. The Morgan fingerprint density at radius 2 is 2.05 bits per heavy atom. The summed E-state index contributed by atoms with van der Waals surface area (Å²) in [6.45, 7) is 5.69. The maximum absolute atomic E-state index is 5.91. The summed E-state index contributed by atoms with van der Waals surface area (Å²) in [5.74, 6) is 0.794. The first kappa shape index (κ1) is 13.8. The summed E-state index contributed by atoms with van der Waals surface area (Å²) in [4.78, 5) is 0. The van der Waals surface area contributed by atoms with E-state index in [0.717, 1.165) is 45.1 Å². The third kappa shape index (κ3) is 3.48. The largest absolute Gasteiger partial charge is 0.376 e. The molecule has 19 heavy (non-hydrogen) atoms. The van der Waals surface area contributed by atoms with Gasteiger partial charge in [0, 0.05) is 25.3 Å². The van der Waals surface area contributed by atoms with E-state index in [1.165, 1.54) is 25.7 Å². The number of hydrogen-bond acceptors (Lipinski definition) is 4. The molecule has 0 aromatic carbocycles. The third-order valence-electron chi connectivity index (χ3n) is 4.67. The fourth-order valence-electron chi connectivity index (χ4n) is 3.34. The molecule has 1 aliphatic carbocycles. The summed E-state index contributed by atoms with van der Waals surface area (Å²) in [6, 6.07) is 0. The van der Waals surface area contributed by atoms with Gasteiger partial charge in [-0.1, -0.05) is 0 Å². The molecule has 1 saturated carbocycles. The molecular weight excluding hydrogens is 242 g/mol. The van der Waals surface area contributed by atoms with Gasteiger partial charge in [-0.25, -0.2) is 0 Å². The topological polar surface area (TPSA) is 39.7 Å². The Hall–Kier alpha value is -0.160. The number of hydrogen-bond donors (Lipinski definition) is 1. The van der Waals surface area contributed by atoms with Gasteiger partial charge in [0.15, 0.2) is 6.29 Å². The van der Waals surface area contributed by atoms with Crippen LogP contribution in [0.3, 0.4) is 0 Å². The Kier molecular flexibility index (Phi) is 4.42. The number of nitrogens with one attached hydrogen (secondary N) is 1. The molecule has 4 nitrogen and oxygen atoms in total. The zero-order valence-corrected chi connectivity index (χ0v) is 12.0. The summed E-state index contributed by atoms with van der Waals surface area (Å²) in [7, 11) is 0. The van der Waals surface area contributed by atoms with E-state index in [1.807, 2.05) is 0 Å². The second-order valence-corrected chi connectivity index (χ2v) is 6.39. The summed E-state index contributed by atoms with van der Waals surface area (Å²) in [5.41, 5.74) is 0.151. The van der Waals surface area contributed by atoms with E-state index in [0.29, 0.717) is 6.10 Å². The van der Waals surface area contributed by atoms with Gasteiger partial charge in [0.1, 0.15) is 0 Å². The van der Waals surface area contributed by atoms with Crippen LogP contribution in [0.15, 0.2) is 0 Å². The Morgan fingerprint density at radius 3 is 2.79 bits per heavy atom. The van der Waals surface area contributed by atoms with Crippen molar-refractivity contribution in [2.45, 2.75) is 63.4 Å². The maximum atomic E-state index is 5.91. The van der Waals surface area contributed by atoms with Crippen molar-refractivity contribution >= 4 is 0 Å². The van der Waals surface area contributed by atoms with Crippen molar-refractivity contribution in [1.29, 1.82) is 0 Å². The first-order chi connectivity index (χ1) is 9.28. The van der Waals surface area contributed by atoms with Crippen LogP contribution >= 0.6 is 0 Å². The van der Waals surface area contributed by atoms with E-state index < -0.39 is 0 Å². The lowest BCUT2D eigenvalue weighted by Crippen LogP contribution is -2.51. The maximum Gasteiger partial charge on any atom is 0.157 e. The van der Waals surface area contributed by atoms with Crippen LogP contribution in [0.4, 0.5) is 0 Å². The fourth-order valence-corrected chi connectivity index (χ4v) is 3.34. The molecule has 3 aliphatic rings. The van der Waals surface area contributed by atoms with Crippen LogP contribution in [-0.2, 0) is 14.2 Å². The zero-order chi connectivity index (χ0) is 13.1. The zero-order valence-electron chi connectivity index (χ0n) is 12.0. The van der Waals surface area contributed by atoms with Crippen molar-refractivity contribution in [1.82, 2.24) is 5.32 Å². The van der Waals surface area contributed by atoms with Gasteiger partial charge in [-0.15, -0.1) is 0 Å². The molecule has 0 unspecified atom stereocenters. The standard InChI is InChI=1S/C15H27NO3/c1-15(7-10-19-14(15)12-5-6-12)16-8-11-18-13-4-2-3-9-17-13/h12-14,16H,2-11H2,1H3/t13-,14+,15+/m1/s1. The highest BCUT2D eigenvalue weighted by Crippen LogP contribution is 2.43. The first-order valence-corrected chi connectivity index (χ1v) is 7.88. The monoisotopic (exact) mass is 269 g/mol. The van der Waals surface area contributed by atoms with Crippen molar-refractivity contribution < 1.29 is 14.2 Å². The Bertz CT molecular complexity index is 289. The van der Waals surface area contributed by atoms with E-state index in [4.69, 9.17) is 14.2 Å². The molecule has 4 heteroatoms. The quantitative estimate of drug-likeness (QED) is 0.749. The summed E-state index contributed by atoms with van der Waals surface area (Å²) in [5, 5.41) is 3.66. The van der Waals surface area contributed by atoms with E-state index in [1.54, 1.807) is 0 Å². The molecule has 2 heterocycles. The second-order valence-electron chi connectivity index (χ2n) is 6.39. The van der Waals surface area contributed by atoms with Crippen LogP contribution in [0.5, 0.6) is 0 Å². The van der Waals surface area contributed by atoms with Crippen molar-refractivity contribution in [3.05, 3.63) is 0 Å². The van der Waals surface area contributed by atoms with Crippen molar-refractivity contribution in [2.24, 2.45) is 5.92 Å². The summed E-state index contributed by atoms with van der Waals surface area (Å²) >= 11 is 0.